The Morgan fingerprint density at radius 3 is 1.61 bits per heavy atom. The molecule has 12 rings (SSSR count). The number of aromatic amines is 2. The van der Waals surface area contributed by atoms with Crippen molar-refractivity contribution >= 4 is 46.3 Å². The van der Waals surface area contributed by atoms with E-state index in [2.05, 4.69) is 72.1 Å². The van der Waals surface area contributed by atoms with Crippen molar-refractivity contribution in [2.75, 3.05) is 13.1 Å². The van der Waals surface area contributed by atoms with Crippen molar-refractivity contribution in [1.29, 1.82) is 0 Å². The smallest absolute Gasteiger partial charge is 0.427 e. The number of nitrogens with zero attached hydrogens (tertiary/aromatic N) is 4. The molecule has 4 aliphatic carbocycles. The Morgan fingerprint density at radius 1 is 0.597 bits per heavy atom. The van der Waals surface area contributed by atoms with Gasteiger partial charge in [-0.2, -0.15) is 0 Å². The Kier molecular flexibility index (Phi) is 12.5. The van der Waals surface area contributed by atoms with Gasteiger partial charge in [0.15, 0.2) is 0 Å². The van der Waals surface area contributed by atoms with Crippen LogP contribution in [0.15, 0.2) is 89.4 Å². The van der Waals surface area contributed by atoms with E-state index in [1.54, 1.807) is 16.7 Å². The monoisotopic (exact) mass is 930 g/mol. The molecule has 2 atom stereocenters. The standard InChI is InChI=1S/C25H26ClN3.C22H21BrClN3.C3H7BO2/c26-22-7-2-1-5-20(22)25-27-23-12-13-29(15-24(23)28-25)18-11-10-16-4-3-6-19(17-8-9-17)21(16)14-18;23-18-6-3-4-14-8-9-15(12-17(14)18)27-11-10-20-21(13-27)26-22(25-20)16-5-1-2-7-19(16)24;5-4(6)3-1-2-3/h1-7,17-18H,8-15H2,(H,27,28);1-7,15H,8-13H2,(H,25,26);3,5-6H,1-2H2. The highest BCUT2D eigenvalue weighted by molar-refractivity contribution is 9.10. The maximum absolute atomic E-state index is 8.25. The minimum Gasteiger partial charge on any atom is -0.427 e. The second-order valence-electron chi connectivity index (χ2n) is 18.1. The van der Waals surface area contributed by atoms with Gasteiger partial charge < -0.3 is 20.0 Å². The van der Waals surface area contributed by atoms with Crippen molar-refractivity contribution in [3.63, 3.8) is 0 Å². The first-order valence-electron chi connectivity index (χ1n) is 22.6. The van der Waals surface area contributed by atoms with Crippen LogP contribution in [0.1, 0.15) is 95.0 Å². The van der Waals surface area contributed by atoms with E-state index in [0.29, 0.717) is 12.1 Å². The normalized spacial score (nSPS) is 20.7. The number of imidazole rings is 2. The second kappa shape index (κ2) is 18.4. The van der Waals surface area contributed by atoms with E-state index in [9.17, 15) is 0 Å². The summed E-state index contributed by atoms with van der Waals surface area (Å²) in [5, 5.41) is 18.0. The molecule has 0 saturated heterocycles. The first kappa shape index (κ1) is 42.2. The first-order valence-corrected chi connectivity index (χ1v) is 24.2. The molecule has 320 valence electrons. The van der Waals surface area contributed by atoms with Gasteiger partial charge in [0, 0.05) is 66.7 Å². The summed E-state index contributed by atoms with van der Waals surface area (Å²) in [5.74, 6) is 2.85. The van der Waals surface area contributed by atoms with Crippen molar-refractivity contribution in [2.45, 2.75) is 114 Å². The maximum Gasteiger partial charge on any atom is 0.454 e. The highest BCUT2D eigenvalue weighted by atomic mass is 79.9. The van der Waals surface area contributed by atoms with E-state index < -0.39 is 7.12 Å². The van der Waals surface area contributed by atoms with Crippen LogP contribution in [0, 0.1) is 0 Å². The lowest BCUT2D eigenvalue weighted by molar-refractivity contribution is 0.160. The van der Waals surface area contributed by atoms with Crippen LogP contribution in [0.4, 0.5) is 0 Å². The summed E-state index contributed by atoms with van der Waals surface area (Å²) in [6.45, 7) is 4.09. The highest BCUT2D eigenvalue weighted by Gasteiger charge is 2.35. The molecule has 2 saturated carbocycles. The number of hydrogen-bond acceptors (Lipinski definition) is 6. The fraction of sp³-hybridized carbons (Fsp3) is 0.400. The summed E-state index contributed by atoms with van der Waals surface area (Å²) in [5.41, 5.74) is 14.8. The zero-order valence-electron chi connectivity index (χ0n) is 35.1. The van der Waals surface area contributed by atoms with E-state index in [1.165, 1.54) is 76.9 Å². The molecule has 2 aromatic heterocycles. The number of aryl methyl sites for hydroxylation is 2. The number of rotatable bonds is 6. The molecule has 6 aliphatic rings. The van der Waals surface area contributed by atoms with Gasteiger partial charge in [-0.05, 0) is 121 Å². The summed E-state index contributed by atoms with van der Waals surface area (Å²) < 4.78 is 1.25. The molecule has 0 bridgehead atoms. The number of benzene rings is 4. The number of fused-ring (bicyclic) bond motifs is 4. The minimum absolute atomic E-state index is 0.213. The molecule has 0 radical (unpaired) electrons. The molecular formula is C50H54BBrCl2N6O2. The van der Waals surface area contributed by atoms with Gasteiger partial charge in [-0.1, -0.05) is 107 Å². The number of nitrogens with one attached hydrogen (secondary N) is 2. The van der Waals surface area contributed by atoms with Crippen molar-refractivity contribution < 1.29 is 10.0 Å². The van der Waals surface area contributed by atoms with Crippen LogP contribution in [0.2, 0.25) is 15.9 Å². The predicted octanol–water partition coefficient (Wildman–Crippen LogP) is 10.6. The average Bonchev–Trinajstić information content (AvgIpc) is 4.24. The van der Waals surface area contributed by atoms with Crippen LogP contribution < -0.4 is 0 Å². The molecule has 2 aliphatic heterocycles. The molecule has 8 nitrogen and oxygen atoms in total. The van der Waals surface area contributed by atoms with Crippen molar-refractivity contribution in [1.82, 2.24) is 29.7 Å². The SMILES string of the molecule is Clc1ccccc1-c1nc2c([nH]1)CN(C1CCc3cccc(Br)c3C1)CC2.Clc1ccccc1-c1nc2c([nH]1)CN(C1CCc3cccc(C4CC4)c3C1)CC2.OB(O)C1CC1. The molecule has 62 heavy (non-hydrogen) atoms. The molecule has 6 aromatic rings. The quantitative estimate of drug-likeness (QED) is 0.124. The summed E-state index contributed by atoms with van der Waals surface area (Å²) in [4.78, 5) is 22.1. The zero-order valence-corrected chi connectivity index (χ0v) is 38.2. The molecule has 0 spiro atoms. The molecule has 4 N–H and O–H groups in total. The van der Waals surface area contributed by atoms with Gasteiger partial charge in [0.25, 0.3) is 0 Å². The lowest BCUT2D eigenvalue weighted by atomic mass is 9.83. The molecule has 2 fully saturated rings. The number of H-pyrrole nitrogens is 2. The van der Waals surface area contributed by atoms with E-state index in [4.69, 9.17) is 43.2 Å². The van der Waals surface area contributed by atoms with E-state index in [1.807, 2.05) is 48.5 Å². The Bertz CT molecular complexity index is 2550. The van der Waals surface area contributed by atoms with Crippen molar-refractivity contribution in [3.8, 4) is 22.8 Å². The molecule has 12 heteroatoms. The van der Waals surface area contributed by atoms with Gasteiger partial charge in [0.05, 0.1) is 32.8 Å². The lowest BCUT2D eigenvalue weighted by Crippen LogP contribution is -2.42. The minimum atomic E-state index is -1.04. The number of halogens is 3. The maximum atomic E-state index is 8.25. The molecule has 4 aromatic carbocycles. The first-order chi connectivity index (χ1) is 30.3. The van der Waals surface area contributed by atoms with Crippen LogP contribution in [-0.2, 0) is 51.6 Å². The second-order valence-corrected chi connectivity index (χ2v) is 19.8. The predicted molar refractivity (Wildman–Crippen MR) is 254 cm³/mol. The van der Waals surface area contributed by atoms with Crippen LogP contribution in [0.5, 0.6) is 0 Å². The van der Waals surface area contributed by atoms with Crippen LogP contribution >= 0.6 is 39.1 Å². The third-order valence-electron chi connectivity index (χ3n) is 14.0. The molecule has 0 amide bonds. The van der Waals surface area contributed by atoms with Gasteiger partial charge in [0.1, 0.15) is 11.6 Å². The zero-order chi connectivity index (χ0) is 42.3. The lowest BCUT2D eigenvalue weighted by Gasteiger charge is -2.37. The summed E-state index contributed by atoms with van der Waals surface area (Å²) >= 11 is 16.5. The Balaban J connectivity index is 0.000000131. The third-order valence-corrected chi connectivity index (χ3v) is 15.4. The van der Waals surface area contributed by atoms with Crippen molar-refractivity contribution in [3.05, 3.63) is 150 Å². The van der Waals surface area contributed by atoms with E-state index in [0.717, 1.165) is 103 Å². The van der Waals surface area contributed by atoms with Crippen molar-refractivity contribution in [2.24, 2.45) is 0 Å². The fourth-order valence-corrected chi connectivity index (χ4v) is 11.2. The van der Waals surface area contributed by atoms with Crippen LogP contribution in [0.25, 0.3) is 22.8 Å². The average molecular weight is 933 g/mol. The number of hydrogen-bond donors (Lipinski definition) is 4. The van der Waals surface area contributed by atoms with Gasteiger partial charge in [0.2, 0.25) is 0 Å². The third kappa shape index (κ3) is 9.25. The topological polar surface area (TPSA) is 104 Å². The van der Waals surface area contributed by atoms with Gasteiger partial charge in [-0.25, -0.2) is 9.97 Å². The highest BCUT2D eigenvalue weighted by Crippen LogP contribution is 2.44. The molecular weight excluding hydrogens is 878 g/mol. The van der Waals surface area contributed by atoms with E-state index >= 15 is 0 Å². The Labute approximate surface area is 383 Å². The Morgan fingerprint density at radius 2 is 1.11 bits per heavy atom. The van der Waals surface area contributed by atoms with Gasteiger partial charge in [-0.3, -0.25) is 9.80 Å². The Hall–Kier alpha value is -3.74. The summed E-state index contributed by atoms with van der Waals surface area (Å²) in [7, 11) is -1.04. The fourth-order valence-electron chi connectivity index (χ4n) is 10.1. The van der Waals surface area contributed by atoms with Gasteiger partial charge >= 0.3 is 7.12 Å². The van der Waals surface area contributed by atoms with Crippen LogP contribution in [-0.4, -0.2) is 72.1 Å². The molecule has 4 heterocycles. The van der Waals surface area contributed by atoms with Gasteiger partial charge in [-0.15, -0.1) is 0 Å². The number of aromatic nitrogens is 4. The van der Waals surface area contributed by atoms with Crippen LogP contribution in [0.3, 0.4) is 0 Å². The summed E-state index contributed by atoms with van der Waals surface area (Å²) in [6.07, 6.45) is 14.0. The summed E-state index contributed by atoms with van der Waals surface area (Å²) in [6, 6.07) is 30.7. The molecule has 2 unspecified atom stereocenters. The largest absolute Gasteiger partial charge is 0.454 e. The van der Waals surface area contributed by atoms with E-state index in [-0.39, 0.29) is 5.82 Å².